The third-order valence-electron chi connectivity index (χ3n) is 3.54. The van der Waals surface area contributed by atoms with E-state index in [2.05, 4.69) is 24.7 Å². The van der Waals surface area contributed by atoms with Gasteiger partial charge in [0.2, 0.25) is 0 Å². The Morgan fingerprint density at radius 2 is 2.05 bits per heavy atom. The molecule has 0 aromatic heterocycles. The summed E-state index contributed by atoms with van der Waals surface area (Å²) in [5.41, 5.74) is -0.577. The number of hydrogen-bond acceptors (Lipinski definition) is 4. The molecule has 0 spiro atoms. The van der Waals surface area contributed by atoms with Crippen LogP contribution in [0, 0.1) is 12.3 Å². The first-order chi connectivity index (χ1) is 8.88. The molecular formula is C15H27NO3. The van der Waals surface area contributed by atoms with E-state index in [-0.39, 0.29) is 18.8 Å². The van der Waals surface area contributed by atoms with Crippen LogP contribution < -0.4 is 0 Å². The summed E-state index contributed by atoms with van der Waals surface area (Å²) < 4.78 is 11.3. The van der Waals surface area contributed by atoms with Crippen LogP contribution in [0.15, 0.2) is 0 Å². The van der Waals surface area contributed by atoms with Crippen LogP contribution in [0.5, 0.6) is 0 Å². The number of aliphatic hydroxyl groups is 1. The van der Waals surface area contributed by atoms with Crippen LogP contribution in [0.4, 0.5) is 0 Å². The van der Waals surface area contributed by atoms with Crippen molar-refractivity contribution < 1.29 is 14.6 Å². The van der Waals surface area contributed by atoms with Crippen molar-refractivity contribution in [2.24, 2.45) is 0 Å². The average Bonchev–Trinajstić information content (AvgIpc) is 2.35. The van der Waals surface area contributed by atoms with Crippen LogP contribution in [0.25, 0.3) is 0 Å². The third-order valence-corrected chi connectivity index (χ3v) is 3.54. The number of nitrogens with zero attached hydrogens (tertiary/aromatic N) is 1. The maximum absolute atomic E-state index is 10.1. The van der Waals surface area contributed by atoms with Crippen LogP contribution >= 0.6 is 0 Å². The third kappa shape index (κ3) is 5.50. The maximum Gasteiger partial charge on any atom is 0.125 e. The van der Waals surface area contributed by atoms with Gasteiger partial charge in [0, 0.05) is 19.6 Å². The van der Waals surface area contributed by atoms with E-state index in [4.69, 9.17) is 15.9 Å². The number of rotatable bonds is 6. The first-order valence-electron chi connectivity index (χ1n) is 7.06. The van der Waals surface area contributed by atoms with E-state index in [0.717, 1.165) is 19.5 Å². The van der Waals surface area contributed by atoms with Crippen molar-refractivity contribution >= 4 is 0 Å². The number of hydrogen-bond donors (Lipinski definition) is 1. The van der Waals surface area contributed by atoms with Crippen LogP contribution in [-0.4, -0.2) is 60.2 Å². The Kier molecular flexibility index (Phi) is 6.28. The SMILES string of the molecule is C#CC(C)(CC)OCC(O)CN1CC(C)OC(C)C1. The highest BCUT2D eigenvalue weighted by molar-refractivity contribution is 5.05. The zero-order valence-corrected chi connectivity index (χ0v) is 12.6. The number of aliphatic hydroxyl groups excluding tert-OH is 1. The van der Waals surface area contributed by atoms with Gasteiger partial charge in [0.05, 0.1) is 24.9 Å². The van der Waals surface area contributed by atoms with Crippen molar-refractivity contribution in [2.75, 3.05) is 26.2 Å². The molecule has 1 heterocycles. The molecule has 4 unspecified atom stereocenters. The van der Waals surface area contributed by atoms with Gasteiger partial charge >= 0.3 is 0 Å². The van der Waals surface area contributed by atoms with Crippen molar-refractivity contribution in [3.05, 3.63) is 0 Å². The minimum absolute atomic E-state index is 0.212. The second kappa shape index (κ2) is 7.25. The fourth-order valence-corrected chi connectivity index (χ4v) is 2.31. The summed E-state index contributed by atoms with van der Waals surface area (Å²) in [6.07, 6.45) is 6.08. The molecule has 110 valence electrons. The molecule has 0 saturated carbocycles. The molecule has 1 rings (SSSR count). The smallest absolute Gasteiger partial charge is 0.125 e. The van der Waals surface area contributed by atoms with Crippen molar-refractivity contribution in [1.29, 1.82) is 0 Å². The molecule has 0 aromatic carbocycles. The van der Waals surface area contributed by atoms with Gasteiger partial charge in [-0.15, -0.1) is 6.42 Å². The molecule has 0 aromatic rings. The van der Waals surface area contributed by atoms with E-state index >= 15 is 0 Å². The number of terminal acetylenes is 1. The predicted molar refractivity (Wildman–Crippen MR) is 75.9 cm³/mol. The molecule has 4 nitrogen and oxygen atoms in total. The summed E-state index contributed by atoms with van der Waals surface area (Å²) in [5, 5.41) is 10.1. The lowest BCUT2D eigenvalue weighted by Gasteiger charge is -2.36. The fourth-order valence-electron chi connectivity index (χ4n) is 2.31. The minimum atomic E-state index is -0.577. The Labute approximate surface area is 117 Å². The van der Waals surface area contributed by atoms with Gasteiger partial charge in [-0.2, -0.15) is 0 Å². The summed E-state index contributed by atoms with van der Waals surface area (Å²) in [7, 11) is 0. The Morgan fingerprint density at radius 1 is 1.47 bits per heavy atom. The van der Waals surface area contributed by atoms with Gasteiger partial charge in [0.25, 0.3) is 0 Å². The van der Waals surface area contributed by atoms with Gasteiger partial charge in [0.15, 0.2) is 0 Å². The van der Waals surface area contributed by atoms with Crippen LogP contribution in [0.2, 0.25) is 0 Å². The van der Waals surface area contributed by atoms with Gasteiger partial charge in [-0.05, 0) is 27.2 Å². The summed E-state index contributed by atoms with van der Waals surface area (Å²) in [4.78, 5) is 2.21. The first kappa shape index (κ1) is 16.5. The normalized spacial score (nSPS) is 29.5. The zero-order chi connectivity index (χ0) is 14.5. The minimum Gasteiger partial charge on any atom is -0.389 e. The Balaban J connectivity index is 2.35. The second-order valence-corrected chi connectivity index (χ2v) is 5.67. The fraction of sp³-hybridized carbons (Fsp3) is 0.867. The van der Waals surface area contributed by atoms with E-state index in [0.29, 0.717) is 6.54 Å². The lowest BCUT2D eigenvalue weighted by molar-refractivity contribution is -0.0904. The van der Waals surface area contributed by atoms with Crippen molar-refractivity contribution in [1.82, 2.24) is 4.90 Å². The summed E-state index contributed by atoms with van der Waals surface area (Å²) in [6.45, 7) is 10.5. The number of β-amino-alcohol motifs (C(OH)–C–C–N with tert-alkyl or cyclic N) is 1. The van der Waals surface area contributed by atoms with Gasteiger partial charge in [-0.25, -0.2) is 0 Å². The summed E-state index contributed by atoms with van der Waals surface area (Å²) in [5.74, 6) is 2.63. The summed E-state index contributed by atoms with van der Waals surface area (Å²) in [6, 6.07) is 0. The highest BCUT2D eigenvalue weighted by Crippen LogP contribution is 2.15. The molecule has 1 aliphatic heterocycles. The lowest BCUT2D eigenvalue weighted by atomic mass is 10.1. The molecule has 0 radical (unpaired) electrons. The monoisotopic (exact) mass is 269 g/mol. The molecule has 4 atom stereocenters. The van der Waals surface area contributed by atoms with Gasteiger partial charge in [-0.3, -0.25) is 4.90 Å². The lowest BCUT2D eigenvalue weighted by Crippen LogP contribution is -2.49. The van der Waals surface area contributed by atoms with Gasteiger partial charge in [-0.1, -0.05) is 12.8 Å². The average molecular weight is 269 g/mol. The molecule has 0 bridgehead atoms. The van der Waals surface area contributed by atoms with Crippen LogP contribution in [0.1, 0.15) is 34.1 Å². The van der Waals surface area contributed by atoms with E-state index in [1.54, 1.807) is 0 Å². The number of morpholine rings is 1. The first-order valence-corrected chi connectivity index (χ1v) is 7.06. The van der Waals surface area contributed by atoms with Crippen LogP contribution in [-0.2, 0) is 9.47 Å². The van der Waals surface area contributed by atoms with E-state index in [9.17, 15) is 5.11 Å². The topological polar surface area (TPSA) is 41.9 Å². The molecule has 19 heavy (non-hydrogen) atoms. The quantitative estimate of drug-likeness (QED) is 0.738. The molecule has 1 N–H and O–H groups in total. The number of ether oxygens (including phenoxy) is 2. The highest BCUT2D eigenvalue weighted by atomic mass is 16.5. The molecule has 4 heteroatoms. The van der Waals surface area contributed by atoms with Crippen LogP contribution in [0.3, 0.4) is 0 Å². The Bertz CT molecular complexity index is 305. The van der Waals surface area contributed by atoms with Crippen molar-refractivity contribution in [2.45, 2.75) is 58.0 Å². The van der Waals surface area contributed by atoms with E-state index in [1.165, 1.54) is 0 Å². The van der Waals surface area contributed by atoms with Gasteiger partial charge in [0.1, 0.15) is 5.60 Å². The maximum atomic E-state index is 10.1. The summed E-state index contributed by atoms with van der Waals surface area (Å²) >= 11 is 0. The Morgan fingerprint density at radius 3 is 2.53 bits per heavy atom. The molecule has 1 saturated heterocycles. The highest BCUT2D eigenvalue weighted by Gasteiger charge is 2.25. The van der Waals surface area contributed by atoms with Gasteiger partial charge < -0.3 is 14.6 Å². The standard InChI is InChI=1S/C15H27NO3/c1-6-15(5,7-2)18-11-14(17)10-16-8-12(3)19-13(4)9-16/h1,12-14,17H,7-11H2,2-5H3. The molecular weight excluding hydrogens is 242 g/mol. The molecule has 1 fully saturated rings. The second-order valence-electron chi connectivity index (χ2n) is 5.67. The largest absolute Gasteiger partial charge is 0.389 e. The van der Waals surface area contributed by atoms with Crippen molar-refractivity contribution in [3.8, 4) is 12.3 Å². The molecule has 0 aliphatic carbocycles. The zero-order valence-electron chi connectivity index (χ0n) is 12.6. The van der Waals surface area contributed by atoms with Crippen molar-refractivity contribution in [3.63, 3.8) is 0 Å². The molecule has 0 amide bonds. The van der Waals surface area contributed by atoms with E-state index < -0.39 is 11.7 Å². The van der Waals surface area contributed by atoms with E-state index in [1.807, 2.05) is 13.8 Å². The predicted octanol–water partition coefficient (Wildman–Crippen LogP) is 1.27. The Hall–Kier alpha value is -0.600. The molecule has 1 aliphatic rings.